The number of para-hydroxylation sites is 1. The van der Waals surface area contributed by atoms with Crippen molar-refractivity contribution in [3.63, 3.8) is 0 Å². The third-order valence-corrected chi connectivity index (χ3v) is 8.14. The number of aromatic nitrogens is 3. The molecule has 10 heteroatoms. The summed E-state index contributed by atoms with van der Waals surface area (Å²) in [5, 5.41) is 17.3. The van der Waals surface area contributed by atoms with Gasteiger partial charge in [-0.05, 0) is 53.7 Å². The highest BCUT2D eigenvalue weighted by molar-refractivity contribution is 5.93. The second-order valence-electron chi connectivity index (χ2n) is 10.6. The minimum Gasteiger partial charge on any atom is -0.378 e. The number of hydrogen-bond acceptors (Lipinski definition) is 6. The van der Waals surface area contributed by atoms with Crippen molar-refractivity contribution in [2.45, 2.75) is 31.8 Å². The molecule has 1 atom stereocenters. The van der Waals surface area contributed by atoms with E-state index >= 15 is 0 Å². The topological polar surface area (TPSA) is 127 Å². The Bertz CT molecular complexity index is 1570. The van der Waals surface area contributed by atoms with Gasteiger partial charge in [0.15, 0.2) is 0 Å². The fourth-order valence-corrected chi connectivity index (χ4v) is 6.01. The monoisotopic (exact) mass is 554 g/mol. The smallest absolute Gasteiger partial charge is 0.272 e. The van der Waals surface area contributed by atoms with Crippen molar-refractivity contribution in [2.75, 3.05) is 32.8 Å². The maximum atomic E-state index is 13.4. The van der Waals surface area contributed by atoms with E-state index in [0.717, 1.165) is 42.5 Å². The number of carbonyl (C=O) groups is 2. The van der Waals surface area contributed by atoms with Gasteiger partial charge in [-0.25, -0.2) is 5.48 Å². The second-order valence-corrected chi connectivity index (χ2v) is 10.6. The fourth-order valence-electron chi connectivity index (χ4n) is 6.01. The molecule has 1 aliphatic heterocycles. The van der Waals surface area contributed by atoms with E-state index in [-0.39, 0.29) is 11.9 Å². The number of nitrogens with one attached hydrogen (secondary N) is 3. The van der Waals surface area contributed by atoms with Crippen LogP contribution in [0.1, 0.15) is 50.8 Å². The number of morpholine rings is 1. The minimum atomic E-state index is -0.561. The molecule has 10 nitrogen and oxygen atoms in total. The average molecular weight is 555 g/mol. The quantitative estimate of drug-likeness (QED) is 0.142. The van der Waals surface area contributed by atoms with Crippen molar-refractivity contribution in [2.24, 2.45) is 0 Å². The number of aryl methyl sites for hydroxylation is 1. The van der Waals surface area contributed by atoms with Crippen LogP contribution in [0.3, 0.4) is 0 Å². The molecule has 4 N–H and O–H groups in total. The molecular formula is C31H34N6O4. The van der Waals surface area contributed by atoms with Crippen LogP contribution in [0, 0.1) is 0 Å². The van der Waals surface area contributed by atoms with Crippen molar-refractivity contribution in [1.29, 1.82) is 0 Å². The van der Waals surface area contributed by atoms with Gasteiger partial charge in [-0.1, -0.05) is 36.4 Å². The zero-order chi connectivity index (χ0) is 28.2. The Hall–Kier alpha value is -4.25. The SMILES string of the molecule is O=C(/C=C/c1ccc2c(c1)CCC2N(CCc1c[nH]c2ccccc12)Cc1cn[nH]c1C(=O)N1CCOCC1)NO. The lowest BCUT2D eigenvalue weighted by molar-refractivity contribution is -0.124. The lowest BCUT2D eigenvalue weighted by atomic mass is 10.0. The summed E-state index contributed by atoms with van der Waals surface area (Å²) in [7, 11) is 0. The summed E-state index contributed by atoms with van der Waals surface area (Å²) in [5.41, 5.74) is 8.87. The molecule has 4 aromatic rings. The molecule has 1 fully saturated rings. The number of fused-ring (bicyclic) bond motifs is 2. The van der Waals surface area contributed by atoms with Gasteiger partial charge in [0.2, 0.25) is 0 Å². The number of H-pyrrole nitrogens is 2. The molecule has 2 aliphatic rings. The largest absolute Gasteiger partial charge is 0.378 e. The number of carbonyl (C=O) groups excluding carboxylic acids is 2. The number of ether oxygens (including phenoxy) is 1. The third-order valence-electron chi connectivity index (χ3n) is 8.14. The maximum Gasteiger partial charge on any atom is 0.272 e. The van der Waals surface area contributed by atoms with E-state index in [1.165, 1.54) is 28.2 Å². The predicted octanol–water partition coefficient (Wildman–Crippen LogP) is 3.61. The highest BCUT2D eigenvalue weighted by Crippen LogP contribution is 2.38. The van der Waals surface area contributed by atoms with Crippen LogP contribution >= 0.6 is 0 Å². The van der Waals surface area contributed by atoms with Crippen LogP contribution in [0.2, 0.25) is 0 Å². The van der Waals surface area contributed by atoms with Gasteiger partial charge in [-0.15, -0.1) is 0 Å². The Labute approximate surface area is 237 Å². The molecule has 6 rings (SSSR count). The van der Waals surface area contributed by atoms with Crippen molar-refractivity contribution in [3.8, 4) is 0 Å². The van der Waals surface area contributed by atoms with Gasteiger partial charge in [-0.3, -0.25) is 24.8 Å². The van der Waals surface area contributed by atoms with E-state index in [0.29, 0.717) is 38.5 Å². The first-order chi connectivity index (χ1) is 20.1. The Morgan fingerprint density at radius 1 is 1.17 bits per heavy atom. The van der Waals surface area contributed by atoms with Gasteiger partial charge in [-0.2, -0.15) is 5.10 Å². The Balaban J connectivity index is 1.27. The number of amides is 2. The summed E-state index contributed by atoms with van der Waals surface area (Å²) in [6.07, 6.45) is 9.62. The van der Waals surface area contributed by atoms with E-state index in [1.807, 2.05) is 17.0 Å². The van der Waals surface area contributed by atoms with Crippen molar-refractivity contribution < 1.29 is 19.5 Å². The van der Waals surface area contributed by atoms with Crippen LogP contribution in [0.25, 0.3) is 17.0 Å². The molecular weight excluding hydrogens is 520 g/mol. The van der Waals surface area contributed by atoms with Gasteiger partial charge in [0, 0.05) is 61.0 Å². The van der Waals surface area contributed by atoms with Crippen LogP contribution in [0.5, 0.6) is 0 Å². The predicted molar refractivity (Wildman–Crippen MR) is 154 cm³/mol. The van der Waals surface area contributed by atoms with Gasteiger partial charge < -0.3 is 14.6 Å². The Morgan fingerprint density at radius 2 is 2.02 bits per heavy atom. The molecule has 2 aromatic heterocycles. The first kappa shape index (κ1) is 26.9. The minimum absolute atomic E-state index is 0.0347. The van der Waals surface area contributed by atoms with Crippen LogP contribution in [-0.4, -0.2) is 74.9 Å². The van der Waals surface area contributed by atoms with E-state index in [1.54, 1.807) is 17.8 Å². The Morgan fingerprint density at radius 3 is 2.88 bits per heavy atom. The van der Waals surface area contributed by atoms with Gasteiger partial charge in [0.25, 0.3) is 11.8 Å². The average Bonchev–Trinajstić information content (AvgIpc) is 3.76. The van der Waals surface area contributed by atoms with Crippen molar-refractivity contribution >= 4 is 28.8 Å². The summed E-state index contributed by atoms with van der Waals surface area (Å²) >= 11 is 0. The Kier molecular flexibility index (Phi) is 7.95. The van der Waals surface area contributed by atoms with Crippen LogP contribution in [0.4, 0.5) is 0 Å². The number of benzene rings is 2. The summed E-state index contributed by atoms with van der Waals surface area (Å²) in [4.78, 5) is 32.5. The highest BCUT2D eigenvalue weighted by Gasteiger charge is 2.30. The number of hydroxylamine groups is 1. The number of rotatable bonds is 9. The first-order valence-corrected chi connectivity index (χ1v) is 14.0. The fraction of sp³-hybridized carbons (Fsp3) is 0.323. The van der Waals surface area contributed by atoms with E-state index in [2.05, 4.69) is 56.6 Å². The summed E-state index contributed by atoms with van der Waals surface area (Å²) in [5.74, 6) is -0.595. The van der Waals surface area contributed by atoms with Gasteiger partial charge in [0.05, 0.1) is 19.4 Å². The zero-order valence-corrected chi connectivity index (χ0v) is 22.8. The highest BCUT2D eigenvalue weighted by atomic mass is 16.5. The van der Waals surface area contributed by atoms with Crippen LogP contribution in [-0.2, 0) is 28.9 Å². The number of hydrogen-bond donors (Lipinski definition) is 4. The standard InChI is InChI=1S/C31H34N6O4/c38-29(35-40)10-6-21-5-8-26-22(17-21)7-9-28(26)37(12-11-23-18-32-27-4-2-1-3-25(23)27)20-24-19-33-34-30(24)31(39)36-13-15-41-16-14-36/h1-6,8,10,17-19,28,32,40H,7,9,11-16,20H2,(H,33,34)(H,35,38)/b10-6+. The number of nitrogens with zero attached hydrogens (tertiary/aromatic N) is 3. The lowest BCUT2D eigenvalue weighted by Gasteiger charge is -2.30. The first-order valence-electron chi connectivity index (χ1n) is 14.0. The molecule has 0 saturated carbocycles. The summed E-state index contributed by atoms with van der Waals surface area (Å²) < 4.78 is 5.44. The summed E-state index contributed by atoms with van der Waals surface area (Å²) in [6, 6.07) is 14.8. The maximum absolute atomic E-state index is 13.4. The molecule has 0 radical (unpaired) electrons. The molecule has 41 heavy (non-hydrogen) atoms. The molecule has 2 amide bonds. The molecule has 1 saturated heterocycles. The molecule has 1 unspecified atom stereocenters. The molecule has 1 aliphatic carbocycles. The van der Waals surface area contributed by atoms with Gasteiger partial charge in [0.1, 0.15) is 5.69 Å². The number of aromatic amines is 2. The molecule has 0 bridgehead atoms. The van der Waals surface area contributed by atoms with Crippen LogP contribution in [0.15, 0.2) is 60.9 Å². The van der Waals surface area contributed by atoms with Crippen LogP contribution < -0.4 is 5.48 Å². The van der Waals surface area contributed by atoms with Crippen molar-refractivity contribution in [3.05, 3.63) is 94.4 Å². The molecule has 0 spiro atoms. The second kappa shape index (κ2) is 12.1. The zero-order valence-electron chi connectivity index (χ0n) is 22.8. The molecule has 212 valence electrons. The molecule has 3 heterocycles. The van der Waals surface area contributed by atoms with E-state index in [4.69, 9.17) is 9.94 Å². The summed E-state index contributed by atoms with van der Waals surface area (Å²) in [6.45, 7) is 3.65. The van der Waals surface area contributed by atoms with Crippen molar-refractivity contribution in [1.82, 2.24) is 30.5 Å². The molecule has 2 aromatic carbocycles. The van der Waals surface area contributed by atoms with Gasteiger partial charge >= 0.3 is 0 Å². The van der Waals surface area contributed by atoms with E-state index in [9.17, 15) is 9.59 Å². The lowest BCUT2D eigenvalue weighted by Crippen LogP contribution is -2.41. The third kappa shape index (κ3) is 5.81. The van der Waals surface area contributed by atoms with E-state index < -0.39 is 5.91 Å². The normalized spacial score (nSPS) is 17.0.